The highest BCUT2D eigenvalue weighted by atomic mass is 19.2. The minimum Gasteiger partial charge on any atom is -0.507 e. The van der Waals surface area contributed by atoms with Gasteiger partial charge in [-0.15, -0.1) is 0 Å². The molecule has 0 bridgehead atoms. The highest BCUT2D eigenvalue weighted by Crippen LogP contribution is 2.32. The Morgan fingerprint density at radius 2 is 2.00 bits per heavy atom. The number of fused-ring (bicyclic) bond motifs is 1. The molecule has 28 heavy (non-hydrogen) atoms. The maximum absolute atomic E-state index is 14.2. The van der Waals surface area contributed by atoms with Crippen molar-refractivity contribution in [2.75, 3.05) is 13.1 Å². The highest BCUT2D eigenvalue weighted by molar-refractivity contribution is 6.18. The largest absolute Gasteiger partial charge is 0.507 e. The van der Waals surface area contributed by atoms with Gasteiger partial charge in [-0.25, -0.2) is 13.8 Å². The normalized spacial score (nSPS) is 16.2. The van der Waals surface area contributed by atoms with Crippen LogP contribution in [0.3, 0.4) is 0 Å². The van der Waals surface area contributed by atoms with Crippen LogP contribution in [-0.2, 0) is 0 Å². The van der Waals surface area contributed by atoms with Crippen molar-refractivity contribution in [3.05, 3.63) is 65.0 Å². The molecule has 7 heteroatoms. The number of halogens is 2. The molecule has 1 aromatic carbocycles. The van der Waals surface area contributed by atoms with Crippen LogP contribution in [0.5, 0.6) is 0 Å². The van der Waals surface area contributed by atoms with Gasteiger partial charge in [0.1, 0.15) is 11.4 Å². The number of hydrogen-bond donors (Lipinski definition) is 4. The van der Waals surface area contributed by atoms with E-state index in [1.165, 1.54) is 12.1 Å². The molecule has 3 aromatic rings. The molecule has 4 rings (SSSR count). The lowest BCUT2D eigenvalue weighted by Gasteiger charge is -2.22. The van der Waals surface area contributed by atoms with E-state index in [9.17, 15) is 13.9 Å². The van der Waals surface area contributed by atoms with E-state index in [0.29, 0.717) is 22.5 Å². The van der Waals surface area contributed by atoms with Gasteiger partial charge < -0.3 is 20.8 Å². The molecule has 0 atom stereocenters. The average Bonchev–Trinajstić information content (AvgIpc) is 3.15. The zero-order valence-electron chi connectivity index (χ0n) is 15.1. The molecule has 5 nitrogen and oxygen atoms in total. The van der Waals surface area contributed by atoms with Crippen molar-refractivity contribution >= 4 is 28.6 Å². The fourth-order valence-electron chi connectivity index (χ4n) is 3.72. The topological polar surface area (TPSA) is 84.8 Å². The molecule has 1 aliphatic heterocycles. The van der Waals surface area contributed by atoms with E-state index in [1.807, 2.05) is 12.3 Å². The molecule has 1 fully saturated rings. The van der Waals surface area contributed by atoms with Crippen LogP contribution in [-0.4, -0.2) is 34.4 Å². The third-order valence-electron chi connectivity index (χ3n) is 5.26. The number of aromatic amines is 1. The van der Waals surface area contributed by atoms with E-state index < -0.39 is 11.6 Å². The second-order valence-electron chi connectivity index (χ2n) is 6.90. The Labute approximate surface area is 160 Å². The predicted molar refractivity (Wildman–Crippen MR) is 106 cm³/mol. The predicted octanol–water partition coefficient (Wildman–Crippen LogP) is 4.38. The number of allylic oxidation sites excluding steroid dienone is 1. The lowest BCUT2D eigenvalue weighted by Crippen LogP contribution is -2.26. The van der Waals surface area contributed by atoms with Gasteiger partial charge in [0.25, 0.3) is 0 Å². The summed E-state index contributed by atoms with van der Waals surface area (Å²) in [5.74, 6) is -2.04. The molecule has 3 heterocycles. The molecule has 2 aromatic heterocycles. The summed E-state index contributed by atoms with van der Waals surface area (Å²) in [5, 5.41) is 22.5. The molecule has 0 amide bonds. The first-order chi connectivity index (χ1) is 13.6. The SMILES string of the molecule is N=C/C(=C(\O)c1c[nH]c2ncc(C3CCNCC3)cc12)c1cccc(F)c1F. The lowest BCUT2D eigenvalue weighted by atomic mass is 9.90. The van der Waals surface area contributed by atoms with Crippen molar-refractivity contribution in [3.8, 4) is 0 Å². The van der Waals surface area contributed by atoms with Crippen LogP contribution in [0.1, 0.15) is 35.4 Å². The average molecular weight is 382 g/mol. The molecule has 0 spiro atoms. The molecule has 0 unspecified atom stereocenters. The zero-order valence-corrected chi connectivity index (χ0v) is 15.1. The summed E-state index contributed by atoms with van der Waals surface area (Å²) in [5.41, 5.74) is 1.81. The number of nitrogens with one attached hydrogen (secondary N) is 3. The molecular formula is C21H20F2N4O. The fourth-order valence-corrected chi connectivity index (χ4v) is 3.72. The van der Waals surface area contributed by atoms with Crippen LogP contribution >= 0.6 is 0 Å². The van der Waals surface area contributed by atoms with Crippen molar-refractivity contribution in [1.82, 2.24) is 15.3 Å². The van der Waals surface area contributed by atoms with Gasteiger partial charge in [0.05, 0.1) is 0 Å². The highest BCUT2D eigenvalue weighted by Gasteiger charge is 2.20. The number of benzene rings is 1. The first-order valence-electron chi connectivity index (χ1n) is 9.16. The first-order valence-corrected chi connectivity index (χ1v) is 9.16. The van der Waals surface area contributed by atoms with Gasteiger partial charge in [-0.3, -0.25) is 0 Å². The lowest BCUT2D eigenvalue weighted by molar-refractivity contribution is 0.460. The number of aromatic nitrogens is 2. The summed E-state index contributed by atoms with van der Waals surface area (Å²) in [6.45, 7) is 1.90. The summed E-state index contributed by atoms with van der Waals surface area (Å²) in [4.78, 5) is 7.44. The molecule has 0 saturated carbocycles. The van der Waals surface area contributed by atoms with Crippen molar-refractivity contribution < 1.29 is 13.9 Å². The molecule has 0 aliphatic carbocycles. The molecule has 4 N–H and O–H groups in total. The number of aliphatic hydroxyl groups is 1. The molecule has 144 valence electrons. The summed E-state index contributed by atoms with van der Waals surface area (Å²) in [7, 11) is 0. The van der Waals surface area contributed by atoms with Crippen molar-refractivity contribution in [1.29, 1.82) is 5.41 Å². The third-order valence-corrected chi connectivity index (χ3v) is 5.26. The molecular weight excluding hydrogens is 362 g/mol. The number of nitrogens with zero attached hydrogens (tertiary/aromatic N) is 1. The van der Waals surface area contributed by atoms with E-state index >= 15 is 0 Å². The Bertz CT molecular complexity index is 1070. The minimum absolute atomic E-state index is 0.0924. The minimum atomic E-state index is -1.10. The second kappa shape index (κ2) is 7.52. The van der Waals surface area contributed by atoms with Gasteiger partial charge in [0.2, 0.25) is 0 Å². The van der Waals surface area contributed by atoms with Crippen LogP contribution < -0.4 is 5.32 Å². The van der Waals surface area contributed by atoms with Crippen LogP contribution in [0.15, 0.2) is 36.7 Å². The Kier molecular flexibility index (Phi) is 4.92. The van der Waals surface area contributed by atoms with E-state index in [1.54, 1.807) is 6.20 Å². The molecule has 1 aliphatic rings. The number of rotatable bonds is 4. The van der Waals surface area contributed by atoms with Crippen LogP contribution in [0.4, 0.5) is 8.78 Å². The van der Waals surface area contributed by atoms with E-state index in [2.05, 4.69) is 15.3 Å². The number of pyridine rings is 1. The monoisotopic (exact) mass is 382 g/mol. The number of piperidine rings is 1. The summed E-state index contributed by atoms with van der Waals surface area (Å²) in [6.07, 6.45) is 6.25. The Morgan fingerprint density at radius 3 is 2.75 bits per heavy atom. The van der Waals surface area contributed by atoms with E-state index in [0.717, 1.165) is 43.8 Å². The Morgan fingerprint density at radius 1 is 1.21 bits per heavy atom. The van der Waals surface area contributed by atoms with Gasteiger partial charge in [-0.05, 0) is 49.5 Å². The van der Waals surface area contributed by atoms with E-state index in [4.69, 9.17) is 5.41 Å². The maximum Gasteiger partial charge on any atom is 0.166 e. The maximum atomic E-state index is 14.2. The number of hydrogen-bond acceptors (Lipinski definition) is 4. The third kappa shape index (κ3) is 3.18. The fraction of sp³-hybridized carbons (Fsp3) is 0.238. The van der Waals surface area contributed by atoms with E-state index in [-0.39, 0.29) is 16.9 Å². The van der Waals surface area contributed by atoms with Gasteiger partial charge in [0.15, 0.2) is 11.6 Å². The van der Waals surface area contributed by atoms with Crippen molar-refractivity contribution in [2.24, 2.45) is 0 Å². The number of aliphatic hydroxyl groups excluding tert-OH is 1. The van der Waals surface area contributed by atoms with Gasteiger partial charge in [0, 0.05) is 40.7 Å². The smallest absolute Gasteiger partial charge is 0.166 e. The van der Waals surface area contributed by atoms with Crippen molar-refractivity contribution in [3.63, 3.8) is 0 Å². The standard InChI is InChI=1S/C21H20F2N4O/c22-18-3-1-2-14(19(18)23)16(9-24)20(28)17-11-27-21-15(17)8-13(10-26-21)12-4-6-25-7-5-12/h1-3,8-12,24-25,28H,4-7H2,(H,26,27)/b20-16+,24-9?. The van der Waals surface area contributed by atoms with Gasteiger partial charge >= 0.3 is 0 Å². The Balaban J connectivity index is 1.83. The summed E-state index contributed by atoms with van der Waals surface area (Å²) >= 11 is 0. The number of H-pyrrole nitrogens is 1. The molecule has 0 radical (unpaired) electrons. The molecule has 1 saturated heterocycles. The van der Waals surface area contributed by atoms with Crippen LogP contribution in [0.2, 0.25) is 0 Å². The zero-order chi connectivity index (χ0) is 19.7. The quantitative estimate of drug-likeness (QED) is 0.399. The van der Waals surface area contributed by atoms with Crippen molar-refractivity contribution in [2.45, 2.75) is 18.8 Å². The van der Waals surface area contributed by atoms with Gasteiger partial charge in [-0.2, -0.15) is 0 Å². The Hall–Kier alpha value is -3.06. The first kappa shape index (κ1) is 18.3. The second-order valence-corrected chi connectivity index (χ2v) is 6.90. The summed E-state index contributed by atoms with van der Waals surface area (Å²) < 4.78 is 27.8. The summed E-state index contributed by atoms with van der Waals surface area (Å²) in [6, 6.07) is 5.65. The van der Waals surface area contributed by atoms with Crippen LogP contribution in [0.25, 0.3) is 22.4 Å². The van der Waals surface area contributed by atoms with Gasteiger partial charge in [-0.1, -0.05) is 12.1 Å². The van der Waals surface area contributed by atoms with Crippen LogP contribution in [0, 0.1) is 17.0 Å².